The van der Waals surface area contributed by atoms with Crippen LogP contribution in [0.4, 0.5) is 5.69 Å². The standard InChI is InChI=1S/C15H15ClN4O2.ClH/c1-9(21)19-12-4-2-3-10(5-12)7-20-8-11(16)6-13(14(20)17)15(18)22;/h2-6,8,17H,7H2,1H3,(H2,18,22)(H,19,21);1H. The van der Waals surface area contributed by atoms with E-state index in [9.17, 15) is 9.59 Å². The number of anilines is 1. The molecule has 4 N–H and O–H groups in total. The summed E-state index contributed by atoms with van der Waals surface area (Å²) >= 11 is 5.96. The number of halogens is 2. The van der Waals surface area contributed by atoms with Crippen molar-refractivity contribution < 1.29 is 9.59 Å². The van der Waals surface area contributed by atoms with Crippen molar-refractivity contribution in [2.24, 2.45) is 5.73 Å². The predicted molar refractivity (Wildman–Crippen MR) is 90.9 cm³/mol. The number of hydrogen-bond acceptors (Lipinski definition) is 3. The zero-order valence-corrected chi connectivity index (χ0v) is 13.9. The topological polar surface area (TPSA) is 101 Å². The van der Waals surface area contributed by atoms with Crippen LogP contribution in [0.25, 0.3) is 0 Å². The molecular weight excluding hydrogens is 339 g/mol. The maximum atomic E-state index is 11.3. The molecule has 2 aromatic rings. The summed E-state index contributed by atoms with van der Waals surface area (Å²) in [5, 5.41) is 11.0. The normalized spacial score (nSPS) is 9.83. The molecule has 0 aliphatic heterocycles. The number of primary amides is 1. The van der Waals surface area contributed by atoms with Gasteiger partial charge in [0.15, 0.2) is 0 Å². The number of rotatable bonds is 4. The Kier molecular flexibility index (Phi) is 6.36. The highest BCUT2D eigenvalue weighted by Gasteiger charge is 2.09. The molecule has 1 heterocycles. The highest BCUT2D eigenvalue weighted by atomic mass is 35.5. The lowest BCUT2D eigenvalue weighted by molar-refractivity contribution is -0.114. The van der Waals surface area contributed by atoms with Crippen LogP contribution in [0.5, 0.6) is 0 Å². The smallest absolute Gasteiger partial charge is 0.252 e. The largest absolute Gasteiger partial charge is 0.365 e. The summed E-state index contributed by atoms with van der Waals surface area (Å²) in [7, 11) is 0. The number of nitrogens with zero attached hydrogens (tertiary/aromatic N) is 1. The molecule has 0 aliphatic carbocycles. The van der Waals surface area contributed by atoms with Crippen LogP contribution < -0.4 is 16.5 Å². The van der Waals surface area contributed by atoms with Gasteiger partial charge >= 0.3 is 0 Å². The molecule has 8 heteroatoms. The minimum absolute atomic E-state index is 0. The van der Waals surface area contributed by atoms with Gasteiger partial charge in [0.2, 0.25) is 5.91 Å². The lowest BCUT2D eigenvalue weighted by atomic mass is 10.2. The molecule has 0 saturated heterocycles. The maximum Gasteiger partial charge on any atom is 0.252 e. The molecule has 2 amide bonds. The van der Waals surface area contributed by atoms with Gasteiger partial charge in [0.05, 0.1) is 10.6 Å². The fraction of sp³-hybridized carbons (Fsp3) is 0.133. The molecule has 0 saturated carbocycles. The summed E-state index contributed by atoms with van der Waals surface area (Å²) in [6.45, 7) is 1.76. The van der Waals surface area contributed by atoms with Gasteiger partial charge in [0.1, 0.15) is 5.49 Å². The lowest BCUT2D eigenvalue weighted by Crippen LogP contribution is -2.29. The van der Waals surface area contributed by atoms with Crippen LogP contribution in [0.15, 0.2) is 36.5 Å². The SMILES string of the molecule is CC(=O)Nc1cccc(Cn2cc(Cl)cc(C(N)=O)c2=N)c1.Cl. The number of amides is 2. The van der Waals surface area contributed by atoms with Crippen molar-refractivity contribution in [1.29, 1.82) is 5.41 Å². The number of pyridine rings is 1. The summed E-state index contributed by atoms with van der Waals surface area (Å²) in [5.41, 5.74) is 6.81. The monoisotopic (exact) mass is 354 g/mol. The Morgan fingerprint density at radius 3 is 2.65 bits per heavy atom. The van der Waals surface area contributed by atoms with E-state index < -0.39 is 5.91 Å². The van der Waals surface area contributed by atoms with Gasteiger partial charge in [-0.2, -0.15) is 0 Å². The minimum Gasteiger partial charge on any atom is -0.365 e. The average molecular weight is 355 g/mol. The molecule has 6 nitrogen and oxygen atoms in total. The molecule has 0 atom stereocenters. The van der Waals surface area contributed by atoms with Gasteiger partial charge < -0.3 is 15.6 Å². The molecule has 122 valence electrons. The number of carbonyl (C=O) groups is 2. The minimum atomic E-state index is -0.701. The van der Waals surface area contributed by atoms with Crippen LogP contribution in [-0.2, 0) is 11.3 Å². The molecule has 0 bridgehead atoms. The zero-order valence-electron chi connectivity index (χ0n) is 12.3. The number of nitrogens with two attached hydrogens (primary N) is 1. The van der Waals surface area contributed by atoms with Crippen LogP contribution in [0.3, 0.4) is 0 Å². The first-order valence-corrected chi connectivity index (χ1v) is 6.85. The second-order valence-corrected chi connectivity index (χ2v) is 5.23. The second-order valence-electron chi connectivity index (χ2n) is 4.79. The Bertz CT molecular complexity index is 802. The number of aromatic nitrogens is 1. The summed E-state index contributed by atoms with van der Waals surface area (Å²) in [6.07, 6.45) is 1.56. The van der Waals surface area contributed by atoms with Crippen molar-refractivity contribution in [3.8, 4) is 0 Å². The van der Waals surface area contributed by atoms with E-state index >= 15 is 0 Å². The fourth-order valence-corrected chi connectivity index (χ4v) is 2.30. The Hall–Kier alpha value is -2.31. The first-order chi connectivity index (χ1) is 10.4. The number of carbonyl (C=O) groups excluding carboxylic acids is 2. The molecule has 0 fully saturated rings. The molecular formula is C15H16Cl2N4O2. The number of hydrogen-bond donors (Lipinski definition) is 3. The highest BCUT2D eigenvalue weighted by molar-refractivity contribution is 6.30. The summed E-state index contributed by atoms with van der Waals surface area (Å²) in [5.74, 6) is -0.863. The third kappa shape index (κ3) is 4.84. The van der Waals surface area contributed by atoms with Gasteiger partial charge in [-0.25, -0.2) is 0 Å². The van der Waals surface area contributed by atoms with Crippen LogP contribution in [0, 0.1) is 5.41 Å². The van der Waals surface area contributed by atoms with E-state index in [4.69, 9.17) is 22.7 Å². The van der Waals surface area contributed by atoms with Gasteiger partial charge in [-0.15, -0.1) is 12.4 Å². The van der Waals surface area contributed by atoms with Crippen molar-refractivity contribution in [1.82, 2.24) is 4.57 Å². The van der Waals surface area contributed by atoms with Crippen LogP contribution >= 0.6 is 24.0 Å². The quantitative estimate of drug-likeness (QED) is 0.783. The predicted octanol–water partition coefficient (Wildman–Crippen LogP) is 2.15. The van der Waals surface area contributed by atoms with E-state index in [0.29, 0.717) is 17.3 Å². The molecule has 23 heavy (non-hydrogen) atoms. The van der Waals surface area contributed by atoms with Crippen LogP contribution in [0.2, 0.25) is 5.02 Å². The van der Waals surface area contributed by atoms with E-state index in [2.05, 4.69) is 5.32 Å². The van der Waals surface area contributed by atoms with Crippen molar-refractivity contribution in [3.05, 3.63) is 58.2 Å². The molecule has 1 aromatic carbocycles. The zero-order chi connectivity index (χ0) is 16.3. The van der Waals surface area contributed by atoms with Crippen LogP contribution in [-0.4, -0.2) is 16.4 Å². The molecule has 2 rings (SSSR count). The third-order valence-electron chi connectivity index (χ3n) is 2.97. The molecule has 0 unspecified atom stereocenters. The summed E-state index contributed by atoms with van der Waals surface area (Å²) < 4.78 is 1.52. The van der Waals surface area contributed by atoms with Crippen molar-refractivity contribution >= 4 is 41.5 Å². The van der Waals surface area contributed by atoms with E-state index in [1.165, 1.54) is 17.6 Å². The van der Waals surface area contributed by atoms with Crippen molar-refractivity contribution in [3.63, 3.8) is 0 Å². The van der Waals surface area contributed by atoms with E-state index in [0.717, 1.165) is 5.56 Å². The van der Waals surface area contributed by atoms with Gasteiger partial charge in [-0.3, -0.25) is 15.0 Å². The Balaban J connectivity index is 0.00000264. The van der Waals surface area contributed by atoms with Crippen LogP contribution in [0.1, 0.15) is 22.8 Å². The van der Waals surface area contributed by atoms with Crippen molar-refractivity contribution in [2.45, 2.75) is 13.5 Å². The molecule has 0 spiro atoms. The average Bonchev–Trinajstić information content (AvgIpc) is 2.42. The maximum absolute atomic E-state index is 11.3. The fourth-order valence-electron chi connectivity index (χ4n) is 2.07. The lowest BCUT2D eigenvalue weighted by Gasteiger charge is -2.11. The molecule has 1 aromatic heterocycles. The van der Waals surface area contributed by atoms with E-state index in [-0.39, 0.29) is 29.4 Å². The summed E-state index contributed by atoms with van der Waals surface area (Å²) in [4.78, 5) is 22.4. The van der Waals surface area contributed by atoms with Gasteiger partial charge in [-0.1, -0.05) is 23.7 Å². The van der Waals surface area contributed by atoms with Gasteiger partial charge in [0.25, 0.3) is 5.91 Å². The van der Waals surface area contributed by atoms with Gasteiger partial charge in [-0.05, 0) is 23.8 Å². The number of nitrogens with one attached hydrogen (secondary N) is 2. The molecule has 0 aliphatic rings. The van der Waals surface area contributed by atoms with E-state index in [1.807, 2.05) is 6.07 Å². The van der Waals surface area contributed by atoms with E-state index in [1.54, 1.807) is 24.4 Å². The third-order valence-corrected chi connectivity index (χ3v) is 3.18. The summed E-state index contributed by atoms with van der Waals surface area (Å²) in [6, 6.07) is 8.58. The first-order valence-electron chi connectivity index (χ1n) is 6.47. The Morgan fingerprint density at radius 1 is 1.35 bits per heavy atom. The van der Waals surface area contributed by atoms with Gasteiger partial charge in [0, 0.05) is 25.4 Å². The van der Waals surface area contributed by atoms with Crippen molar-refractivity contribution in [2.75, 3.05) is 5.32 Å². The Labute approximate surface area is 144 Å². The number of benzene rings is 1. The molecule has 0 radical (unpaired) electrons. The Morgan fingerprint density at radius 2 is 2.04 bits per heavy atom. The first kappa shape index (κ1) is 18.7. The second kappa shape index (κ2) is 7.80. The highest BCUT2D eigenvalue weighted by Crippen LogP contribution is 2.13.